The van der Waals surface area contributed by atoms with E-state index in [4.69, 9.17) is 4.74 Å². The van der Waals surface area contributed by atoms with E-state index in [-0.39, 0.29) is 24.1 Å². The molecule has 0 unspecified atom stereocenters. The lowest BCUT2D eigenvalue weighted by molar-refractivity contribution is -0.157. The van der Waals surface area contributed by atoms with Crippen molar-refractivity contribution in [1.29, 1.82) is 0 Å². The van der Waals surface area contributed by atoms with Crippen LogP contribution < -0.4 is 4.90 Å². The topological polar surface area (TPSA) is 92.9 Å². The number of aromatic nitrogens is 4. The highest BCUT2D eigenvalue weighted by atomic mass is 19.4. The first kappa shape index (κ1) is 23.2. The SMILES string of the molecule is C[C@H]1C[C@H](C)CN(C(=O)COC(=O)C2CCN(c3ccc4nnc(C(F)(F)F)n4n3)CC2)C1. The fourth-order valence-corrected chi connectivity index (χ4v) is 4.68. The standard InChI is InChI=1S/C21H27F3N6O3/c1-13-9-14(2)11-29(10-13)18(31)12-33-19(32)15-5-7-28(8-6-15)17-4-3-16-25-26-20(21(22,23)24)30(16)27-17/h3-4,13-15H,5-12H2,1-2H3/t13-,14-/m0/s1. The van der Waals surface area contributed by atoms with Crippen LogP contribution in [0.15, 0.2) is 12.1 Å². The van der Waals surface area contributed by atoms with Crippen LogP contribution in [0.1, 0.15) is 38.9 Å². The van der Waals surface area contributed by atoms with E-state index in [9.17, 15) is 22.8 Å². The van der Waals surface area contributed by atoms with Gasteiger partial charge in [0.05, 0.1) is 5.92 Å². The zero-order valence-electron chi connectivity index (χ0n) is 18.6. The summed E-state index contributed by atoms with van der Waals surface area (Å²) in [4.78, 5) is 28.5. The molecule has 4 rings (SSSR count). The number of hydrogen-bond donors (Lipinski definition) is 0. The number of amides is 1. The first-order valence-corrected chi connectivity index (χ1v) is 11.1. The molecule has 2 aliphatic heterocycles. The molecule has 2 atom stereocenters. The smallest absolute Gasteiger partial charge is 0.453 e. The molecule has 0 aliphatic carbocycles. The number of alkyl halides is 3. The van der Waals surface area contributed by atoms with E-state index in [1.165, 1.54) is 6.07 Å². The van der Waals surface area contributed by atoms with E-state index in [0.717, 1.165) is 6.42 Å². The second kappa shape index (κ2) is 9.14. The molecule has 9 nitrogen and oxygen atoms in total. The van der Waals surface area contributed by atoms with Crippen molar-refractivity contribution in [2.75, 3.05) is 37.7 Å². The minimum atomic E-state index is -4.66. The van der Waals surface area contributed by atoms with E-state index in [1.807, 2.05) is 4.90 Å². The van der Waals surface area contributed by atoms with E-state index < -0.39 is 18.0 Å². The van der Waals surface area contributed by atoms with Crippen LogP contribution in [0.5, 0.6) is 0 Å². The number of esters is 1. The van der Waals surface area contributed by atoms with Gasteiger partial charge in [-0.15, -0.1) is 15.3 Å². The molecular formula is C21H27F3N6O3. The number of anilines is 1. The third kappa shape index (κ3) is 5.19. The van der Waals surface area contributed by atoms with Crippen LogP contribution in [0.2, 0.25) is 0 Å². The van der Waals surface area contributed by atoms with Crippen LogP contribution >= 0.6 is 0 Å². The molecule has 12 heteroatoms. The lowest BCUT2D eigenvalue weighted by atomic mass is 9.92. The molecule has 2 aromatic rings. The Hall–Kier alpha value is -2.92. The molecule has 0 saturated carbocycles. The van der Waals surface area contributed by atoms with Gasteiger partial charge < -0.3 is 14.5 Å². The van der Waals surface area contributed by atoms with Crippen LogP contribution in [-0.4, -0.2) is 69.4 Å². The zero-order chi connectivity index (χ0) is 23.8. The number of rotatable bonds is 4. The highest BCUT2D eigenvalue weighted by Gasteiger charge is 2.38. The maximum absolute atomic E-state index is 13.1. The molecule has 2 fully saturated rings. The Kier molecular flexibility index (Phi) is 6.44. The predicted octanol–water partition coefficient (Wildman–Crippen LogP) is 2.41. The van der Waals surface area contributed by atoms with Crippen molar-refractivity contribution in [3.05, 3.63) is 18.0 Å². The number of ether oxygens (including phenoxy) is 1. The number of hydrogen-bond acceptors (Lipinski definition) is 7. The van der Waals surface area contributed by atoms with Crippen molar-refractivity contribution in [3.8, 4) is 0 Å². The van der Waals surface area contributed by atoms with E-state index in [1.54, 1.807) is 11.0 Å². The van der Waals surface area contributed by atoms with Crippen LogP contribution in [0.4, 0.5) is 19.0 Å². The van der Waals surface area contributed by atoms with Gasteiger partial charge >= 0.3 is 12.1 Å². The summed E-state index contributed by atoms with van der Waals surface area (Å²) in [5.41, 5.74) is 0.00620. The Bertz CT molecular complexity index is 1010. The third-order valence-corrected chi connectivity index (χ3v) is 6.21. The maximum atomic E-state index is 13.1. The van der Waals surface area contributed by atoms with Crippen LogP contribution in [-0.2, 0) is 20.5 Å². The Morgan fingerprint density at radius 3 is 2.39 bits per heavy atom. The van der Waals surface area contributed by atoms with Crippen molar-refractivity contribution in [3.63, 3.8) is 0 Å². The number of piperidine rings is 2. The molecule has 0 spiro atoms. The highest BCUT2D eigenvalue weighted by molar-refractivity contribution is 5.81. The summed E-state index contributed by atoms with van der Waals surface area (Å²) in [5.74, 6) is -0.929. The Morgan fingerprint density at radius 1 is 1.09 bits per heavy atom. The number of nitrogens with zero attached hydrogens (tertiary/aromatic N) is 6. The van der Waals surface area contributed by atoms with Crippen molar-refractivity contribution in [2.45, 2.75) is 39.3 Å². The van der Waals surface area contributed by atoms with Gasteiger partial charge in [-0.1, -0.05) is 13.8 Å². The van der Waals surface area contributed by atoms with Gasteiger partial charge in [0.25, 0.3) is 11.7 Å². The van der Waals surface area contributed by atoms with Crippen LogP contribution in [0, 0.1) is 17.8 Å². The number of halogens is 3. The van der Waals surface area contributed by atoms with Gasteiger partial charge in [0, 0.05) is 26.2 Å². The van der Waals surface area contributed by atoms with E-state index >= 15 is 0 Å². The summed E-state index contributed by atoms with van der Waals surface area (Å²) in [6.07, 6.45) is -2.67. The zero-order valence-corrected chi connectivity index (χ0v) is 18.6. The Morgan fingerprint density at radius 2 is 1.76 bits per heavy atom. The van der Waals surface area contributed by atoms with Gasteiger partial charge in [0.2, 0.25) is 0 Å². The molecule has 1 amide bonds. The van der Waals surface area contributed by atoms with Crippen molar-refractivity contribution in [1.82, 2.24) is 24.7 Å². The minimum Gasteiger partial charge on any atom is -0.455 e. The fraction of sp³-hybridized carbons (Fsp3) is 0.667. The number of likely N-dealkylation sites (tertiary alicyclic amines) is 1. The first-order valence-electron chi connectivity index (χ1n) is 11.1. The Balaban J connectivity index is 1.30. The van der Waals surface area contributed by atoms with Gasteiger partial charge in [-0.3, -0.25) is 9.59 Å². The lowest BCUT2D eigenvalue weighted by Crippen LogP contribution is -2.45. The van der Waals surface area contributed by atoms with Gasteiger partial charge in [-0.05, 0) is 43.2 Å². The summed E-state index contributed by atoms with van der Waals surface area (Å²) in [6, 6.07) is 3.01. The molecule has 4 heterocycles. The van der Waals surface area contributed by atoms with Gasteiger partial charge in [0.1, 0.15) is 5.82 Å². The maximum Gasteiger partial charge on any atom is 0.453 e. The van der Waals surface area contributed by atoms with Crippen molar-refractivity contribution >= 4 is 23.3 Å². The molecule has 0 aromatic carbocycles. The quantitative estimate of drug-likeness (QED) is 0.637. The first-order chi connectivity index (χ1) is 15.6. The molecule has 2 aromatic heterocycles. The second-order valence-corrected chi connectivity index (χ2v) is 9.10. The van der Waals surface area contributed by atoms with Gasteiger partial charge in [-0.25, -0.2) is 0 Å². The Labute approximate surface area is 188 Å². The second-order valence-electron chi connectivity index (χ2n) is 9.10. The normalized spacial score (nSPS) is 22.6. The number of fused-ring (bicyclic) bond motifs is 1. The molecule has 33 heavy (non-hydrogen) atoms. The number of carbonyl (C=O) groups excluding carboxylic acids is 2. The third-order valence-electron chi connectivity index (χ3n) is 6.21. The summed E-state index contributed by atoms with van der Waals surface area (Å²) in [5, 5.41) is 10.7. The van der Waals surface area contributed by atoms with E-state index in [0.29, 0.717) is 61.2 Å². The molecular weight excluding hydrogens is 441 g/mol. The minimum absolute atomic E-state index is 0.00620. The van der Waals surface area contributed by atoms with Crippen LogP contribution in [0.25, 0.3) is 5.65 Å². The predicted molar refractivity (Wildman–Crippen MR) is 111 cm³/mol. The summed E-state index contributed by atoms with van der Waals surface area (Å²) in [6.45, 7) is 6.17. The summed E-state index contributed by atoms with van der Waals surface area (Å²) in [7, 11) is 0. The molecule has 2 aliphatic rings. The van der Waals surface area contributed by atoms with Crippen molar-refractivity contribution in [2.24, 2.45) is 17.8 Å². The number of carbonyl (C=O) groups is 2. The summed E-state index contributed by atoms with van der Waals surface area (Å²) >= 11 is 0. The average Bonchev–Trinajstić information content (AvgIpc) is 3.20. The van der Waals surface area contributed by atoms with Gasteiger partial charge in [0.15, 0.2) is 12.3 Å². The average molecular weight is 468 g/mol. The van der Waals surface area contributed by atoms with Crippen LogP contribution in [0.3, 0.4) is 0 Å². The monoisotopic (exact) mass is 468 g/mol. The van der Waals surface area contributed by atoms with E-state index in [2.05, 4.69) is 29.1 Å². The van der Waals surface area contributed by atoms with Crippen molar-refractivity contribution < 1.29 is 27.5 Å². The fourth-order valence-electron chi connectivity index (χ4n) is 4.68. The summed E-state index contributed by atoms with van der Waals surface area (Å²) < 4.78 is 45.3. The molecule has 180 valence electrons. The van der Waals surface area contributed by atoms with Gasteiger partial charge in [-0.2, -0.15) is 17.7 Å². The molecule has 0 radical (unpaired) electrons. The lowest BCUT2D eigenvalue weighted by Gasteiger charge is -2.35. The highest BCUT2D eigenvalue weighted by Crippen LogP contribution is 2.29. The molecule has 2 saturated heterocycles. The molecule has 0 bridgehead atoms. The molecule has 0 N–H and O–H groups in total. The largest absolute Gasteiger partial charge is 0.455 e.